The molecule has 5 heteroatoms. The SMILES string of the molecule is Cc1nc2cc(C(=O)N(CCO)c3ccccc3)ccc2s1. The molecule has 0 saturated heterocycles. The van der Waals surface area contributed by atoms with Crippen LogP contribution in [0.3, 0.4) is 0 Å². The molecule has 4 nitrogen and oxygen atoms in total. The van der Waals surface area contributed by atoms with Gasteiger partial charge in [0, 0.05) is 17.8 Å². The van der Waals surface area contributed by atoms with Crippen LogP contribution in [0.5, 0.6) is 0 Å². The number of nitrogens with zero attached hydrogens (tertiary/aromatic N) is 2. The van der Waals surface area contributed by atoms with Crippen molar-refractivity contribution in [1.82, 2.24) is 4.98 Å². The number of amides is 1. The Morgan fingerprint density at radius 3 is 2.73 bits per heavy atom. The molecule has 0 aliphatic carbocycles. The summed E-state index contributed by atoms with van der Waals surface area (Å²) in [5.74, 6) is -0.132. The first-order valence-electron chi connectivity index (χ1n) is 7.04. The van der Waals surface area contributed by atoms with Crippen molar-refractivity contribution in [2.75, 3.05) is 18.1 Å². The second-order valence-corrected chi connectivity index (χ2v) is 6.17. The molecule has 1 heterocycles. The standard InChI is InChI=1S/C17H16N2O2S/c1-12-18-15-11-13(7-8-16(15)22-12)17(21)19(9-10-20)14-5-3-2-4-6-14/h2-8,11,20H,9-10H2,1H3. The number of fused-ring (bicyclic) bond motifs is 1. The van der Waals surface area contributed by atoms with E-state index in [0.29, 0.717) is 5.56 Å². The van der Waals surface area contributed by atoms with Gasteiger partial charge in [-0.2, -0.15) is 0 Å². The quantitative estimate of drug-likeness (QED) is 0.804. The van der Waals surface area contributed by atoms with Crippen LogP contribution in [0.1, 0.15) is 15.4 Å². The Morgan fingerprint density at radius 1 is 1.23 bits per heavy atom. The van der Waals surface area contributed by atoms with Gasteiger partial charge in [-0.1, -0.05) is 18.2 Å². The highest BCUT2D eigenvalue weighted by Gasteiger charge is 2.18. The zero-order valence-corrected chi connectivity index (χ0v) is 13.0. The molecular formula is C17H16N2O2S. The minimum atomic E-state index is -0.132. The van der Waals surface area contributed by atoms with Crippen molar-refractivity contribution in [3.8, 4) is 0 Å². The molecule has 3 rings (SSSR count). The average Bonchev–Trinajstić information content (AvgIpc) is 2.92. The molecule has 1 N–H and O–H groups in total. The summed E-state index contributed by atoms with van der Waals surface area (Å²) < 4.78 is 1.07. The fourth-order valence-electron chi connectivity index (χ4n) is 2.39. The van der Waals surface area contributed by atoms with Gasteiger partial charge in [0.05, 0.1) is 21.8 Å². The van der Waals surface area contributed by atoms with Crippen LogP contribution in [0.15, 0.2) is 48.5 Å². The Morgan fingerprint density at radius 2 is 2.00 bits per heavy atom. The number of hydrogen-bond donors (Lipinski definition) is 1. The molecule has 0 aliphatic rings. The second-order valence-electron chi connectivity index (χ2n) is 4.93. The van der Waals surface area contributed by atoms with Crippen LogP contribution in [-0.2, 0) is 0 Å². The third-order valence-corrected chi connectivity index (χ3v) is 4.33. The van der Waals surface area contributed by atoms with Crippen LogP contribution in [0.2, 0.25) is 0 Å². The molecule has 3 aromatic rings. The molecule has 0 radical (unpaired) electrons. The predicted octanol–water partition coefficient (Wildman–Crippen LogP) is 3.24. The molecule has 0 aliphatic heterocycles. The van der Waals surface area contributed by atoms with Gasteiger partial charge in [0.15, 0.2) is 0 Å². The summed E-state index contributed by atoms with van der Waals surface area (Å²) in [5, 5.41) is 10.2. The van der Waals surface area contributed by atoms with E-state index in [4.69, 9.17) is 0 Å². The molecule has 0 bridgehead atoms. The topological polar surface area (TPSA) is 53.4 Å². The van der Waals surface area contributed by atoms with Crippen LogP contribution >= 0.6 is 11.3 Å². The summed E-state index contributed by atoms with van der Waals surface area (Å²) in [6.45, 7) is 2.13. The van der Waals surface area contributed by atoms with E-state index in [-0.39, 0.29) is 19.1 Å². The smallest absolute Gasteiger partial charge is 0.258 e. The lowest BCUT2D eigenvalue weighted by atomic mass is 10.1. The van der Waals surface area contributed by atoms with Crippen molar-refractivity contribution in [2.24, 2.45) is 0 Å². The minimum Gasteiger partial charge on any atom is -0.395 e. The largest absolute Gasteiger partial charge is 0.395 e. The average molecular weight is 312 g/mol. The molecule has 0 spiro atoms. The van der Waals surface area contributed by atoms with E-state index in [0.717, 1.165) is 20.9 Å². The Kier molecular flexibility index (Phi) is 4.18. The molecule has 0 saturated carbocycles. The molecule has 112 valence electrons. The number of aliphatic hydroxyl groups is 1. The number of hydrogen-bond acceptors (Lipinski definition) is 4. The van der Waals surface area contributed by atoms with Gasteiger partial charge in [-0.3, -0.25) is 4.79 Å². The molecule has 2 aromatic carbocycles. The Bertz CT molecular complexity index is 799. The predicted molar refractivity (Wildman–Crippen MR) is 89.6 cm³/mol. The van der Waals surface area contributed by atoms with Gasteiger partial charge >= 0.3 is 0 Å². The van der Waals surface area contributed by atoms with Crippen molar-refractivity contribution in [1.29, 1.82) is 0 Å². The molecule has 1 amide bonds. The van der Waals surface area contributed by atoms with E-state index in [9.17, 15) is 9.90 Å². The first-order valence-corrected chi connectivity index (χ1v) is 7.85. The van der Waals surface area contributed by atoms with Crippen LogP contribution in [-0.4, -0.2) is 29.1 Å². The van der Waals surface area contributed by atoms with Crippen molar-refractivity contribution in [3.05, 3.63) is 59.1 Å². The molecule has 22 heavy (non-hydrogen) atoms. The van der Waals surface area contributed by atoms with Gasteiger partial charge in [0.1, 0.15) is 0 Å². The highest BCUT2D eigenvalue weighted by Crippen LogP contribution is 2.24. The normalized spacial score (nSPS) is 10.8. The summed E-state index contributed by atoms with van der Waals surface area (Å²) in [7, 11) is 0. The van der Waals surface area contributed by atoms with Crippen LogP contribution in [0.4, 0.5) is 5.69 Å². The van der Waals surface area contributed by atoms with E-state index in [1.165, 1.54) is 0 Å². The van der Waals surface area contributed by atoms with Gasteiger partial charge < -0.3 is 10.0 Å². The van der Waals surface area contributed by atoms with Gasteiger partial charge in [0.25, 0.3) is 5.91 Å². The first-order chi connectivity index (χ1) is 10.7. The fraction of sp³-hybridized carbons (Fsp3) is 0.176. The number of thiazole rings is 1. The monoisotopic (exact) mass is 312 g/mol. The molecule has 1 aromatic heterocycles. The van der Waals surface area contributed by atoms with Crippen molar-refractivity contribution >= 4 is 33.1 Å². The Balaban J connectivity index is 1.97. The zero-order chi connectivity index (χ0) is 15.5. The van der Waals surface area contributed by atoms with E-state index >= 15 is 0 Å². The van der Waals surface area contributed by atoms with E-state index < -0.39 is 0 Å². The van der Waals surface area contributed by atoms with Gasteiger partial charge in [-0.25, -0.2) is 4.98 Å². The number of rotatable bonds is 4. The zero-order valence-electron chi connectivity index (χ0n) is 12.2. The summed E-state index contributed by atoms with van der Waals surface area (Å²) in [4.78, 5) is 18.8. The van der Waals surface area contributed by atoms with Crippen molar-refractivity contribution < 1.29 is 9.90 Å². The van der Waals surface area contributed by atoms with E-state index in [2.05, 4.69) is 4.98 Å². The third kappa shape index (κ3) is 2.86. The van der Waals surface area contributed by atoms with E-state index in [1.54, 1.807) is 16.2 Å². The molecule has 0 unspecified atom stereocenters. The minimum absolute atomic E-state index is 0.0846. The first kappa shape index (κ1) is 14.7. The van der Waals surface area contributed by atoms with Crippen molar-refractivity contribution in [2.45, 2.75) is 6.92 Å². The summed E-state index contributed by atoms with van der Waals surface area (Å²) in [6.07, 6.45) is 0. The summed E-state index contributed by atoms with van der Waals surface area (Å²) in [6, 6.07) is 14.9. The number of aromatic nitrogens is 1. The van der Waals surface area contributed by atoms with Gasteiger partial charge in [-0.15, -0.1) is 11.3 Å². The summed E-state index contributed by atoms with van der Waals surface area (Å²) >= 11 is 1.61. The maximum absolute atomic E-state index is 12.8. The number of para-hydroxylation sites is 1. The Hall–Kier alpha value is -2.24. The van der Waals surface area contributed by atoms with Crippen LogP contribution in [0, 0.1) is 6.92 Å². The maximum atomic E-state index is 12.8. The molecule has 0 fully saturated rings. The third-order valence-electron chi connectivity index (χ3n) is 3.38. The van der Waals surface area contributed by atoms with Crippen LogP contribution in [0.25, 0.3) is 10.2 Å². The number of carbonyl (C=O) groups is 1. The number of benzene rings is 2. The van der Waals surface area contributed by atoms with Crippen LogP contribution < -0.4 is 4.90 Å². The Labute approximate surface area is 132 Å². The molecular weight excluding hydrogens is 296 g/mol. The maximum Gasteiger partial charge on any atom is 0.258 e. The second kappa shape index (κ2) is 6.25. The molecule has 0 atom stereocenters. The summed E-state index contributed by atoms with van der Waals surface area (Å²) in [5.41, 5.74) is 2.19. The van der Waals surface area contributed by atoms with Gasteiger partial charge in [0.2, 0.25) is 0 Å². The van der Waals surface area contributed by atoms with E-state index in [1.807, 2.05) is 55.5 Å². The van der Waals surface area contributed by atoms with Crippen molar-refractivity contribution in [3.63, 3.8) is 0 Å². The number of anilines is 1. The number of carbonyl (C=O) groups excluding carboxylic acids is 1. The lowest BCUT2D eigenvalue weighted by Gasteiger charge is -2.22. The van der Waals surface area contributed by atoms with Gasteiger partial charge in [-0.05, 0) is 37.3 Å². The lowest BCUT2D eigenvalue weighted by Crippen LogP contribution is -2.33. The fourth-order valence-corrected chi connectivity index (χ4v) is 3.19. The number of aryl methyl sites for hydroxylation is 1. The number of aliphatic hydroxyl groups excluding tert-OH is 1. The highest BCUT2D eigenvalue weighted by atomic mass is 32.1. The highest BCUT2D eigenvalue weighted by molar-refractivity contribution is 7.18. The lowest BCUT2D eigenvalue weighted by molar-refractivity contribution is 0.0981.